The fourth-order valence-electron chi connectivity index (χ4n) is 2.81. The minimum Gasteiger partial charge on any atom is -0.310 e. The third-order valence-corrected chi connectivity index (χ3v) is 4.71. The van der Waals surface area contributed by atoms with E-state index in [9.17, 15) is 4.39 Å². The van der Waals surface area contributed by atoms with Gasteiger partial charge in [-0.15, -0.1) is 0 Å². The van der Waals surface area contributed by atoms with Crippen molar-refractivity contribution >= 4 is 11.6 Å². The van der Waals surface area contributed by atoms with E-state index in [1.54, 1.807) is 12.1 Å². The molecule has 1 fully saturated rings. The summed E-state index contributed by atoms with van der Waals surface area (Å²) in [5, 5.41) is 3.68. The molecule has 0 radical (unpaired) electrons. The van der Waals surface area contributed by atoms with Gasteiger partial charge in [0.15, 0.2) is 0 Å². The predicted molar refractivity (Wildman–Crippen MR) is 87.3 cm³/mol. The Balaban J connectivity index is 1.67. The standard InChI is InChI=1S/C17H26ClFN2/c1-13-6-10-21(11-7-13)9-3-8-20-14(2)15-4-5-17(19)16(18)12-15/h4-5,12-14,20H,3,6-11H2,1-2H3. The van der Waals surface area contributed by atoms with Crippen molar-refractivity contribution in [1.82, 2.24) is 10.2 Å². The van der Waals surface area contributed by atoms with Crippen LogP contribution >= 0.6 is 11.6 Å². The van der Waals surface area contributed by atoms with Gasteiger partial charge in [-0.25, -0.2) is 4.39 Å². The summed E-state index contributed by atoms with van der Waals surface area (Å²) in [4.78, 5) is 2.56. The average Bonchev–Trinajstić information content (AvgIpc) is 2.48. The quantitative estimate of drug-likeness (QED) is 0.790. The van der Waals surface area contributed by atoms with Gasteiger partial charge < -0.3 is 10.2 Å². The highest BCUT2D eigenvalue weighted by atomic mass is 35.5. The van der Waals surface area contributed by atoms with Crippen molar-refractivity contribution in [2.45, 2.75) is 39.2 Å². The Labute approximate surface area is 132 Å². The molecule has 1 aromatic rings. The van der Waals surface area contributed by atoms with Crippen molar-refractivity contribution in [2.75, 3.05) is 26.2 Å². The third kappa shape index (κ3) is 5.24. The van der Waals surface area contributed by atoms with Crippen LogP contribution in [0.2, 0.25) is 5.02 Å². The molecule has 0 amide bonds. The van der Waals surface area contributed by atoms with E-state index < -0.39 is 0 Å². The maximum absolute atomic E-state index is 13.1. The molecule has 1 aromatic carbocycles. The lowest BCUT2D eigenvalue weighted by Crippen LogP contribution is -2.35. The van der Waals surface area contributed by atoms with E-state index in [0.717, 1.165) is 31.0 Å². The molecular formula is C17H26ClFN2. The summed E-state index contributed by atoms with van der Waals surface area (Å²) in [6.07, 6.45) is 3.81. The fraction of sp³-hybridized carbons (Fsp3) is 0.647. The lowest BCUT2D eigenvalue weighted by molar-refractivity contribution is 0.190. The molecule has 1 atom stereocenters. The molecule has 0 spiro atoms. The molecule has 1 aliphatic heterocycles. The van der Waals surface area contributed by atoms with Gasteiger partial charge in [0.2, 0.25) is 0 Å². The van der Waals surface area contributed by atoms with Gasteiger partial charge in [0, 0.05) is 6.04 Å². The molecule has 0 saturated carbocycles. The number of likely N-dealkylation sites (tertiary alicyclic amines) is 1. The molecule has 0 aliphatic carbocycles. The second-order valence-electron chi connectivity index (χ2n) is 6.23. The molecule has 1 N–H and O–H groups in total. The van der Waals surface area contributed by atoms with E-state index in [-0.39, 0.29) is 16.9 Å². The molecule has 0 aromatic heterocycles. The van der Waals surface area contributed by atoms with Crippen LogP contribution in [0, 0.1) is 11.7 Å². The van der Waals surface area contributed by atoms with Gasteiger partial charge >= 0.3 is 0 Å². The van der Waals surface area contributed by atoms with Crippen molar-refractivity contribution < 1.29 is 4.39 Å². The van der Waals surface area contributed by atoms with Gasteiger partial charge in [-0.2, -0.15) is 0 Å². The van der Waals surface area contributed by atoms with Crippen LogP contribution in [0.4, 0.5) is 4.39 Å². The van der Waals surface area contributed by atoms with Crippen LogP contribution in [0.25, 0.3) is 0 Å². The number of hydrogen-bond donors (Lipinski definition) is 1. The molecule has 1 aliphatic rings. The zero-order valence-electron chi connectivity index (χ0n) is 13.0. The van der Waals surface area contributed by atoms with Crippen molar-refractivity contribution in [3.05, 3.63) is 34.6 Å². The van der Waals surface area contributed by atoms with E-state index in [1.165, 1.54) is 32.0 Å². The molecular weight excluding hydrogens is 287 g/mol. The summed E-state index contributed by atoms with van der Waals surface area (Å²) in [6, 6.07) is 5.14. The molecule has 2 rings (SSSR count). The fourth-order valence-corrected chi connectivity index (χ4v) is 3.00. The predicted octanol–water partition coefficient (Wildman–Crippen LogP) is 4.25. The topological polar surface area (TPSA) is 15.3 Å². The van der Waals surface area contributed by atoms with Crippen LogP contribution in [-0.2, 0) is 0 Å². The van der Waals surface area contributed by atoms with Gasteiger partial charge in [0.25, 0.3) is 0 Å². The van der Waals surface area contributed by atoms with Crippen LogP contribution in [0.15, 0.2) is 18.2 Å². The number of nitrogens with zero attached hydrogens (tertiary/aromatic N) is 1. The van der Waals surface area contributed by atoms with Gasteiger partial charge in [-0.05, 0) is 76.0 Å². The third-order valence-electron chi connectivity index (χ3n) is 4.42. The smallest absolute Gasteiger partial charge is 0.141 e. The first-order chi connectivity index (χ1) is 10.1. The Hall–Kier alpha value is -0.640. The zero-order chi connectivity index (χ0) is 15.2. The maximum Gasteiger partial charge on any atom is 0.141 e. The highest BCUT2D eigenvalue weighted by Gasteiger charge is 2.15. The van der Waals surface area contributed by atoms with E-state index in [2.05, 4.69) is 24.1 Å². The van der Waals surface area contributed by atoms with Crippen LogP contribution in [-0.4, -0.2) is 31.1 Å². The number of benzene rings is 1. The summed E-state index contributed by atoms with van der Waals surface area (Å²) >= 11 is 5.82. The van der Waals surface area contributed by atoms with Gasteiger partial charge in [-0.1, -0.05) is 24.6 Å². The highest BCUT2D eigenvalue weighted by molar-refractivity contribution is 6.30. The first-order valence-electron chi connectivity index (χ1n) is 7.97. The maximum atomic E-state index is 13.1. The van der Waals surface area contributed by atoms with Crippen LogP contribution in [0.5, 0.6) is 0 Å². The van der Waals surface area contributed by atoms with Crippen molar-refractivity contribution in [3.63, 3.8) is 0 Å². The second-order valence-corrected chi connectivity index (χ2v) is 6.63. The van der Waals surface area contributed by atoms with E-state index >= 15 is 0 Å². The number of piperidine rings is 1. The summed E-state index contributed by atoms with van der Waals surface area (Å²) < 4.78 is 13.1. The molecule has 1 unspecified atom stereocenters. The number of nitrogens with one attached hydrogen (secondary N) is 1. The first-order valence-corrected chi connectivity index (χ1v) is 8.34. The number of hydrogen-bond acceptors (Lipinski definition) is 2. The molecule has 1 saturated heterocycles. The summed E-state index contributed by atoms with van der Waals surface area (Å²) in [5.41, 5.74) is 1.04. The first kappa shape index (κ1) is 16.7. The normalized spacial score (nSPS) is 18.9. The Morgan fingerprint density at radius 1 is 1.38 bits per heavy atom. The van der Waals surface area contributed by atoms with E-state index in [1.807, 2.05) is 0 Å². The summed E-state index contributed by atoms with van der Waals surface area (Å²) in [6.45, 7) is 9.05. The lowest BCUT2D eigenvalue weighted by Gasteiger charge is -2.30. The van der Waals surface area contributed by atoms with Crippen molar-refractivity contribution in [1.29, 1.82) is 0 Å². The van der Waals surface area contributed by atoms with Gasteiger partial charge in [0.05, 0.1) is 5.02 Å². The Morgan fingerprint density at radius 3 is 2.76 bits per heavy atom. The molecule has 21 heavy (non-hydrogen) atoms. The van der Waals surface area contributed by atoms with Crippen molar-refractivity contribution in [3.8, 4) is 0 Å². The van der Waals surface area contributed by atoms with Crippen LogP contribution in [0.3, 0.4) is 0 Å². The molecule has 1 heterocycles. The summed E-state index contributed by atoms with van der Waals surface area (Å²) in [7, 11) is 0. The van der Waals surface area contributed by atoms with E-state index in [4.69, 9.17) is 11.6 Å². The van der Waals surface area contributed by atoms with Crippen LogP contribution in [0.1, 0.15) is 44.7 Å². The van der Waals surface area contributed by atoms with Gasteiger partial charge in [-0.3, -0.25) is 0 Å². The minimum absolute atomic E-state index is 0.198. The van der Waals surface area contributed by atoms with Gasteiger partial charge in [0.1, 0.15) is 5.82 Å². The molecule has 118 valence electrons. The summed E-state index contributed by atoms with van der Waals surface area (Å²) in [5.74, 6) is 0.537. The SMILES string of the molecule is CC1CCN(CCCNC(C)c2ccc(F)c(Cl)c2)CC1. The number of rotatable bonds is 6. The Morgan fingerprint density at radius 2 is 2.10 bits per heavy atom. The minimum atomic E-state index is -0.355. The van der Waals surface area contributed by atoms with Crippen LogP contribution < -0.4 is 5.32 Å². The molecule has 4 heteroatoms. The number of halogens is 2. The zero-order valence-corrected chi connectivity index (χ0v) is 13.8. The Bertz CT molecular complexity index is 444. The molecule has 2 nitrogen and oxygen atoms in total. The van der Waals surface area contributed by atoms with Crippen molar-refractivity contribution in [2.24, 2.45) is 5.92 Å². The average molecular weight is 313 g/mol. The second kappa shape index (κ2) is 8.11. The monoisotopic (exact) mass is 312 g/mol. The Kier molecular flexibility index (Phi) is 6.46. The lowest BCUT2D eigenvalue weighted by atomic mass is 9.99. The van der Waals surface area contributed by atoms with E-state index in [0.29, 0.717) is 0 Å². The molecule has 0 bridgehead atoms. The highest BCUT2D eigenvalue weighted by Crippen LogP contribution is 2.20. The largest absolute Gasteiger partial charge is 0.310 e.